The topological polar surface area (TPSA) is 97.4 Å². The van der Waals surface area contributed by atoms with E-state index in [9.17, 15) is 13.2 Å². The number of hydrogen-bond acceptors (Lipinski definition) is 5. The van der Waals surface area contributed by atoms with Crippen LogP contribution in [-0.2, 0) is 19.6 Å². The molecule has 0 fully saturated rings. The zero-order chi connectivity index (χ0) is 15.2. The average Bonchev–Trinajstić information content (AvgIpc) is 2.38. The van der Waals surface area contributed by atoms with E-state index in [4.69, 9.17) is 4.74 Å². The van der Waals surface area contributed by atoms with Crippen LogP contribution in [0.1, 0.15) is 6.92 Å². The minimum Gasteiger partial charge on any atom is -0.383 e. The largest absolute Gasteiger partial charge is 0.383 e. The van der Waals surface area contributed by atoms with E-state index in [1.54, 1.807) is 0 Å². The number of pyridine rings is 1. The molecule has 0 saturated carbocycles. The molecule has 0 spiro atoms. The molecule has 0 radical (unpaired) electrons. The number of halogens is 1. The second-order valence-corrected chi connectivity index (χ2v) is 6.60. The smallest absolute Gasteiger partial charge is 0.242 e. The maximum absolute atomic E-state index is 12.1. The van der Waals surface area contributed by atoms with Crippen molar-refractivity contribution in [2.24, 2.45) is 0 Å². The first-order valence-electron chi connectivity index (χ1n) is 5.76. The van der Waals surface area contributed by atoms with Crippen molar-refractivity contribution >= 4 is 31.9 Å². The minimum absolute atomic E-state index is 0.0107. The minimum atomic E-state index is -3.79. The summed E-state index contributed by atoms with van der Waals surface area (Å²) in [4.78, 5) is 15.4. The van der Waals surface area contributed by atoms with Crippen molar-refractivity contribution in [3.63, 3.8) is 0 Å². The van der Waals surface area contributed by atoms with Crippen LogP contribution in [0.2, 0.25) is 0 Å². The Labute approximate surface area is 126 Å². The van der Waals surface area contributed by atoms with E-state index >= 15 is 0 Å². The number of rotatable bonds is 7. The van der Waals surface area contributed by atoms with Gasteiger partial charge in [0.25, 0.3) is 0 Å². The second-order valence-electron chi connectivity index (χ2n) is 3.97. The molecule has 1 unspecified atom stereocenters. The molecule has 112 valence electrons. The fourth-order valence-corrected chi connectivity index (χ4v) is 3.03. The van der Waals surface area contributed by atoms with Crippen molar-refractivity contribution in [1.82, 2.24) is 15.0 Å². The molecule has 1 aromatic heterocycles. The van der Waals surface area contributed by atoms with Gasteiger partial charge in [0.2, 0.25) is 15.9 Å². The highest BCUT2D eigenvalue weighted by atomic mass is 79.9. The van der Waals surface area contributed by atoms with E-state index < -0.39 is 22.0 Å². The molecule has 0 saturated heterocycles. The number of nitrogens with zero attached hydrogens (tertiary/aromatic N) is 1. The maximum Gasteiger partial charge on any atom is 0.242 e. The summed E-state index contributed by atoms with van der Waals surface area (Å²) in [6.07, 6.45) is 2.68. The Morgan fingerprint density at radius 2 is 2.20 bits per heavy atom. The van der Waals surface area contributed by atoms with Gasteiger partial charge in [-0.25, -0.2) is 8.42 Å². The number of hydrogen-bond donors (Lipinski definition) is 2. The summed E-state index contributed by atoms with van der Waals surface area (Å²) in [5, 5.41) is 2.55. The number of methoxy groups -OCH3 is 1. The van der Waals surface area contributed by atoms with Crippen molar-refractivity contribution in [1.29, 1.82) is 0 Å². The van der Waals surface area contributed by atoms with Crippen LogP contribution in [0.4, 0.5) is 0 Å². The van der Waals surface area contributed by atoms with Crippen LogP contribution in [0.5, 0.6) is 0 Å². The lowest BCUT2D eigenvalue weighted by atomic mass is 10.3. The fourth-order valence-electron chi connectivity index (χ4n) is 1.32. The second kappa shape index (κ2) is 7.67. The number of aromatic nitrogens is 1. The van der Waals surface area contributed by atoms with Gasteiger partial charge in [-0.05, 0) is 28.9 Å². The summed E-state index contributed by atoms with van der Waals surface area (Å²) in [6, 6.07) is 0.515. The number of ether oxygens (including phenoxy) is 1. The lowest BCUT2D eigenvalue weighted by Crippen LogP contribution is -2.45. The first kappa shape index (κ1) is 17.0. The van der Waals surface area contributed by atoms with Crippen molar-refractivity contribution in [3.05, 3.63) is 22.9 Å². The van der Waals surface area contributed by atoms with Gasteiger partial charge >= 0.3 is 0 Å². The lowest BCUT2D eigenvalue weighted by Gasteiger charge is -2.14. The van der Waals surface area contributed by atoms with Crippen LogP contribution in [-0.4, -0.2) is 45.6 Å². The molecule has 0 aliphatic heterocycles. The van der Waals surface area contributed by atoms with Crippen molar-refractivity contribution in [3.8, 4) is 0 Å². The molecule has 2 N–H and O–H groups in total. The summed E-state index contributed by atoms with van der Waals surface area (Å²) in [6.45, 7) is 2.14. The van der Waals surface area contributed by atoms with Crippen LogP contribution in [0.25, 0.3) is 0 Å². The summed E-state index contributed by atoms with van der Waals surface area (Å²) < 4.78 is 31.7. The van der Waals surface area contributed by atoms with E-state index in [2.05, 4.69) is 31.0 Å². The standard InChI is InChI=1S/C11H16BrN3O4S/c1-8(11(16)14-3-4-19-2)15-20(17,18)10-5-9(12)6-13-7-10/h5-8,15H,3-4H2,1-2H3,(H,14,16). The molecular formula is C11H16BrN3O4S. The predicted molar refractivity (Wildman–Crippen MR) is 76.6 cm³/mol. The van der Waals surface area contributed by atoms with Crippen molar-refractivity contribution in [2.75, 3.05) is 20.3 Å². The number of nitrogens with one attached hydrogen (secondary N) is 2. The third-order valence-electron chi connectivity index (χ3n) is 2.32. The number of sulfonamides is 1. The molecule has 0 aromatic carbocycles. The molecule has 1 heterocycles. The molecule has 1 amide bonds. The lowest BCUT2D eigenvalue weighted by molar-refractivity contribution is -0.122. The molecule has 0 bridgehead atoms. The molecule has 1 aromatic rings. The van der Waals surface area contributed by atoms with Gasteiger partial charge in [-0.3, -0.25) is 9.78 Å². The van der Waals surface area contributed by atoms with Crippen LogP contribution >= 0.6 is 15.9 Å². The quantitative estimate of drug-likeness (QED) is 0.676. The molecule has 7 nitrogen and oxygen atoms in total. The first-order chi connectivity index (χ1) is 9.36. The Hall–Kier alpha value is -1.03. The van der Waals surface area contributed by atoms with Crippen LogP contribution < -0.4 is 10.0 Å². The highest BCUT2D eigenvalue weighted by Gasteiger charge is 2.22. The van der Waals surface area contributed by atoms with Crippen molar-refractivity contribution < 1.29 is 17.9 Å². The van der Waals surface area contributed by atoms with Gasteiger partial charge in [0.1, 0.15) is 4.90 Å². The monoisotopic (exact) mass is 365 g/mol. The van der Waals surface area contributed by atoms with Gasteiger partial charge in [-0.1, -0.05) is 0 Å². The summed E-state index contributed by atoms with van der Waals surface area (Å²) in [7, 11) is -2.28. The summed E-state index contributed by atoms with van der Waals surface area (Å²) >= 11 is 3.14. The van der Waals surface area contributed by atoms with Gasteiger partial charge in [0, 0.05) is 30.5 Å². The maximum atomic E-state index is 12.1. The van der Waals surface area contributed by atoms with E-state index in [0.717, 1.165) is 0 Å². The number of carbonyl (C=O) groups is 1. The number of amides is 1. The van der Waals surface area contributed by atoms with E-state index in [1.165, 1.54) is 32.5 Å². The van der Waals surface area contributed by atoms with Gasteiger partial charge < -0.3 is 10.1 Å². The van der Waals surface area contributed by atoms with Gasteiger partial charge in [-0.15, -0.1) is 0 Å². The van der Waals surface area contributed by atoms with E-state index in [0.29, 0.717) is 17.6 Å². The zero-order valence-corrected chi connectivity index (χ0v) is 13.5. The molecule has 20 heavy (non-hydrogen) atoms. The Morgan fingerprint density at radius 1 is 1.50 bits per heavy atom. The molecule has 9 heteroatoms. The third-order valence-corrected chi connectivity index (χ3v) is 4.26. The average molecular weight is 366 g/mol. The van der Waals surface area contributed by atoms with Gasteiger partial charge in [0.05, 0.1) is 12.6 Å². The summed E-state index contributed by atoms with van der Waals surface area (Å²) in [5.74, 6) is -0.423. The van der Waals surface area contributed by atoms with Crippen LogP contribution in [0, 0.1) is 0 Å². The van der Waals surface area contributed by atoms with Gasteiger partial charge in [0.15, 0.2) is 0 Å². The van der Waals surface area contributed by atoms with Gasteiger partial charge in [-0.2, -0.15) is 4.72 Å². The molecule has 1 rings (SSSR count). The normalized spacial score (nSPS) is 12.9. The zero-order valence-electron chi connectivity index (χ0n) is 11.1. The highest BCUT2D eigenvalue weighted by Crippen LogP contribution is 2.14. The molecular weight excluding hydrogens is 350 g/mol. The van der Waals surface area contributed by atoms with E-state index in [1.807, 2.05) is 0 Å². The van der Waals surface area contributed by atoms with Crippen LogP contribution in [0.15, 0.2) is 27.8 Å². The molecule has 1 atom stereocenters. The summed E-state index contributed by atoms with van der Waals surface area (Å²) in [5.41, 5.74) is 0. The number of carbonyl (C=O) groups excluding carboxylic acids is 1. The third kappa shape index (κ3) is 5.16. The predicted octanol–water partition coefficient (Wildman–Crippen LogP) is 0.273. The first-order valence-corrected chi connectivity index (χ1v) is 8.04. The Balaban J connectivity index is 2.68. The fraction of sp³-hybridized carbons (Fsp3) is 0.455. The SMILES string of the molecule is COCCNC(=O)C(C)NS(=O)(=O)c1cncc(Br)c1. The molecule has 0 aliphatic rings. The van der Waals surface area contributed by atoms with Crippen molar-refractivity contribution in [2.45, 2.75) is 17.9 Å². The Morgan fingerprint density at radius 3 is 2.80 bits per heavy atom. The van der Waals surface area contributed by atoms with Crippen LogP contribution in [0.3, 0.4) is 0 Å². The highest BCUT2D eigenvalue weighted by molar-refractivity contribution is 9.10. The Kier molecular flexibility index (Phi) is 6.53. The Bertz CT molecular complexity index is 565. The van der Waals surface area contributed by atoms with E-state index in [-0.39, 0.29) is 4.90 Å². The molecule has 0 aliphatic carbocycles.